The Morgan fingerprint density at radius 1 is 1.35 bits per heavy atom. The fourth-order valence-electron chi connectivity index (χ4n) is 1.35. The second-order valence-electron chi connectivity index (χ2n) is 3.98. The minimum atomic E-state index is -0.508. The van der Waals surface area contributed by atoms with Crippen LogP contribution in [0.15, 0.2) is 0 Å². The van der Waals surface area contributed by atoms with E-state index in [9.17, 15) is 9.59 Å². The molecule has 0 radical (unpaired) electrons. The zero-order valence-corrected chi connectivity index (χ0v) is 10.7. The largest absolute Gasteiger partial charge is 0.396 e. The third-order valence-corrected chi connectivity index (χ3v) is 2.68. The summed E-state index contributed by atoms with van der Waals surface area (Å²) in [6.45, 7) is 4.54. The molecule has 0 heterocycles. The van der Waals surface area contributed by atoms with E-state index < -0.39 is 12.1 Å². The lowest BCUT2D eigenvalue weighted by atomic mass is 10.0. The molecule has 0 aliphatic rings. The lowest BCUT2D eigenvalue weighted by Crippen LogP contribution is -2.48. The number of hydrogen-bond donors (Lipinski definition) is 4. The highest BCUT2D eigenvalue weighted by Gasteiger charge is 2.15. The zero-order chi connectivity index (χ0) is 13.3. The molecule has 100 valence electrons. The molecule has 6 heteroatoms. The molecule has 0 rings (SSSR count). The highest BCUT2D eigenvalue weighted by molar-refractivity contribution is 5.96. The number of urea groups is 1. The molecule has 0 spiro atoms. The van der Waals surface area contributed by atoms with Crippen LogP contribution in [0.3, 0.4) is 0 Å². The van der Waals surface area contributed by atoms with E-state index in [1.54, 1.807) is 6.92 Å². The average molecular weight is 245 g/mol. The van der Waals surface area contributed by atoms with E-state index >= 15 is 0 Å². The molecule has 17 heavy (non-hydrogen) atoms. The van der Waals surface area contributed by atoms with Crippen molar-refractivity contribution in [2.75, 3.05) is 20.2 Å². The van der Waals surface area contributed by atoms with Crippen LogP contribution in [0.5, 0.6) is 0 Å². The molecular weight excluding hydrogens is 222 g/mol. The lowest BCUT2D eigenvalue weighted by molar-refractivity contribution is -0.121. The fourth-order valence-corrected chi connectivity index (χ4v) is 1.35. The molecule has 6 nitrogen and oxygen atoms in total. The normalized spacial score (nSPS) is 13.9. The molecule has 4 N–H and O–H groups in total. The summed E-state index contributed by atoms with van der Waals surface area (Å²) in [5.74, 6) is -0.0153. The Morgan fingerprint density at radius 2 is 2.00 bits per heavy atom. The van der Waals surface area contributed by atoms with Crippen molar-refractivity contribution in [3.63, 3.8) is 0 Å². The first-order valence-electron chi connectivity index (χ1n) is 5.91. The van der Waals surface area contributed by atoms with E-state index in [2.05, 4.69) is 16.0 Å². The van der Waals surface area contributed by atoms with Gasteiger partial charge in [0.05, 0.1) is 6.04 Å². The number of imide groups is 1. The van der Waals surface area contributed by atoms with Crippen LogP contribution in [0.4, 0.5) is 4.79 Å². The van der Waals surface area contributed by atoms with Gasteiger partial charge in [-0.25, -0.2) is 4.79 Å². The summed E-state index contributed by atoms with van der Waals surface area (Å²) >= 11 is 0. The zero-order valence-electron chi connectivity index (χ0n) is 10.7. The summed E-state index contributed by atoms with van der Waals surface area (Å²) in [6, 6.07) is -0.939. The van der Waals surface area contributed by atoms with E-state index in [0.29, 0.717) is 18.9 Å². The Morgan fingerprint density at radius 3 is 2.47 bits per heavy atom. The Bertz CT molecular complexity index is 246. The number of aliphatic hydroxyl groups excluding tert-OH is 1. The first-order chi connectivity index (χ1) is 8.04. The molecule has 2 unspecified atom stereocenters. The topological polar surface area (TPSA) is 90.5 Å². The van der Waals surface area contributed by atoms with E-state index in [4.69, 9.17) is 5.11 Å². The van der Waals surface area contributed by atoms with Gasteiger partial charge in [0.25, 0.3) is 0 Å². The van der Waals surface area contributed by atoms with Gasteiger partial charge in [0.1, 0.15) is 0 Å². The van der Waals surface area contributed by atoms with E-state index in [1.165, 1.54) is 7.05 Å². The van der Waals surface area contributed by atoms with Crippen molar-refractivity contribution in [1.82, 2.24) is 16.0 Å². The SMILES string of the molecule is CCC(CCO)CNC(C)C(=O)NC(=O)NC. The highest BCUT2D eigenvalue weighted by atomic mass is 16.3. The van der Waals surface area contributed by atoms with Crippen LogP contribution in [-0.2, 0) is 4.79 Å². The Hall–Kier alpha value is -1.14. The Balaban J connectivity index is 3.94. The van der Waals surface area contributed by atoms with Crippen molar-refractivity contribution in [3.8, 4) is 0 Å². The standard InChI is InChI=1S/C11H23N3O3/c1-4-9(5-6-15)7-13-8(2)10(16)14-11(17)12-3/h8-9,13,15H,4-7H2,1-3H3,(H2,12,14,16,17). The van der Waals surface area contributed by atoms with E-state index in [0.717, 1.165) is 6.42 Å². The van der Waals surface area contributed by atoms with Crippen molar-refractivity contribution in [3.05, 3.63) is 0 Å². The summed E-state index contributed by atoms with van der Waals surface area (Å²) in [6.07, 6.45) is 1.66. The van der Waals surface area contributed by atoms with Gasteiger partial charge in [0.15, 0.2) is 0 Å². The summed E-state index contributed by atoms with van der Waals surface area (Å²) < 4.78 is 0. The third kappa shape index (κ3) is 6.91. The van der Waals surface area contributed by atoms with Crippen LogP contribution in [0.2, 0.25) is 0 Å². The van der Waals surface area contributed by atoms with Gasteiger partial charge in [-0.15, -0.1) is 0 Å². The van der Waals surface area contributed by atoms with Gasteiger partial charge >= 0.3 is 6.03 Å². The van der Waals surface area contributed by atoms with Gasteiger partial charge in [-0.2, -0.15) is 0 Å². The van der Waals surface area contributed by atoms with E-state index in [1.807, 2.05) is 6.92 Å². The van der Waals surface area contributed by atoms with Crippen LogP contribution in [0.1, 0.15) is 26.7 Å². The molecule has 0 aromatic rings. The quantitative estimate of drug-likeness (QED) is 0.501. The van der Waals surface area contributed by atoms with Crippen LogP contribution < -0.4 is 16.0 Å². The molecule has 0 saturated carbocycles. The first kappa shape index (κ1) is 15.9. The minimum absolute atomic E-state index is 0.152. The molecule has 0 fully saturated rings. The molecule has 0 aliphatic heterocycles. The Labute approximate surface area is 102 Å². The predicted octanol–water partition coefficient (Wildman–Crippen LogP) is -0.171. The minimum Gasteiger partial charge on any atom is -0.396 e. The van der Waals surface area contributed by atoms with Gasteiger partial charge < -0.3 is 15.7 Å². The van der Waals surface area contributed by atoms with Crippen molar-refractivity contribution < 1.29 is 14.7 Å². The summed E-state index contributed by atoms with van der Waals surface area (Å²) in [5.41, 5.74) is 0. The number of amides is 3. The van der Waals surface area contributed by atoms with Crippen LogP contribution in [-0.4, -0.2) is 43.3 Å². The first-order valence-corrected chi connectivity index (χ1v) is 5.91. The molecule has 0 aromatic carbocycles. The molecule has 2 atom stereocenters. The maximum atomic E-state index is 11.5. The smallest absolute Gasteiger partial charge is 0.321 e. The second-order valence-corrected chi connectivity index (χ2v) is 3.98. The van der Waals surface area contributed by atoms with E-state index in [-0.39, 0.29) is 12.5 Å². The summed E-state index contributed by atoms with van der Waals surface area (Å²) in [5, 5.41) is 16.4. The number of carbonyl (C=O) groups excluding carboxylic acids is 2. The predicted molar refractivity (Wildman–Crippen MR) is 65.5 cm³/mol. The monoisotopic (exact) mass is 245 g/mol. The van der Waals surface area contributed by atoms with Crippen LogP contribution in [0, 0.1) is 5.92 Å². The molecule has 0 saturated heterocycles. The van der Waals surface area contributed by atoms with Crippen molar-refractivity contribution in [2.45, 2.75) is 32.7 Å². The number of hydrogen-bond acceptors (Lipinski definition) is 4. The number of rotatable bonds is 7. The maximum absolute atomic E-state index is 11.5. The summed E-state index contributed by atoms with van der Waals surface area (Å²) in [7, 11) is 1.45. The van der Waals surface area contributed by atoms with Crippen molar-refractivity contribution in [1.29, 1.82) is 0 Å². The lowest BCUT2D eigenvalue weighted by Gasteiger charge is -2.18. The highest BCUT2D eigenvalue weighted by Crippen LogP contribution is 2.05. The number of nitrogens with one attached hydrogen (secondary N) is 3. The van der Waals surface area contributed by atoms with Gasteiger partial charge in [-0.1, -0.05) is 13.3 Å². The molecule has 0 aromatic heterocycles. The summed E-state index contributed by atoms with van der Waals surface area (Å²) in [4.78, 5) is 22.4. The second kappa shape index (κ2) is 8.95. The molecule has 0 aliphatic carbocycles. The van der Waals surface area contributed by atoms with Gasteiger partial charge in [0.2, 0.25) is 5.91 Å². The van der Waals surface area contributed by atoms with Gasteiger partial charge in [-0.3, -0.25) is 10.1 Å². The maximum Gasteiger partial charge on any atom is 0.321 e. The molecule has 0 bridgehead atoms. The fraction of sp³-hybridized carbons (Fsp3) is 0.818. The molecular formula is C11H23N3O3. The third-order valence-electron chi connectivity index (χ3n) is 2.68. The van der Waals surface area contributed by atoms with Crippen LogP contribution >= 0.6 is 0 Å². The molecule has 3 amide bonds. The average Bonchev–Trinajstić information content (AvgIpc) is 2.33. The van der Waals surface area contributed by atoms with Gasteiger partial charge in [-0.05, 0) is 25.8 Å². The number of aliphatic hydroxyl groups is 1. The number of carbonyl (C=O) groups is 2. The van der Waals surface area contributed by atoms with Crippen LogP contribution in [0.25, 0.3) is 0 Å². The van der Waals surface area contributed by atoms with Crippen molar-refractivity contribution in [2.24, 2.45) is 5.92 Å². The van der Waals surface area contributed by atoms with Gasteiger partial charge in [0, 0.05) is 13.7 Å². The Kier molecular flexibility index (Phi) is 8.35. The van der Waals surface area contributed by atoms with Crippen molar-refractivity contribution >= 4 is 11.9 Å².